The number of hydrogen-bond acceptors (Lipinski definition) is 1. The highest BCUT2D eigenvalue weighted by Gasteiger charge is 2.10. The molecule has 0 saturated carbocycles. The van der Waals surface area contributed by atoms with Crippen LogP contribution in [0.15, 0.2) is 48.5 Å². The Morgan fingerprint density at radius 2 is 1.82 bits per heavy atom. The van der Waals surface area contributed by atoms with E-state index in [4.69, 9.17) is 0 Å². The molecule has 2 aromatic carbocycles. The maximum atomic E-state index is 12.2. The molecule has 1 atom stereocenters. The highest BCUT2D eigenvalue weighted by Crippen LogP contribution is 2.11. The maximum Gasteiger partial charge on any atom is 0.224 e. The molecule has 2 nitrogen and oxygen atoms in total. The smallest absolute Gasteiger partial charge is 0.224 e. The van der Waals surface area contributed by atoms with E-state index in [0.717, 1.165) is 18.4 Å². The van der Waals surface area contributed by atoms with Crippen molar-refractivity contribution in [1.82, 2.24) is 5.32 Å². The summed E-state index contributed by atoms with van der Waals surface area (Å²) in [5.74, 6) is 0.104. The Bertz CT molecular complexity index is 619. The molecular weight excluding hydrogens is 270 g/mol. The number of carbonyl (C=O) groups is 1. The van der Waals surface area contributed by atoms with Gasteiger partial charge in [-0.2, -0.15) is 0 Å². The first-order valence-corrected chi connectivity index (χ1v) is 7.94. The van der Waals surface area contributed by atoms with Crippen molar-refractivity contribution in [2.75, 3.05) is 0 Å². The highest BCUT2D eigenvalue weighted by atomic mass is 16.1. The number of aryl methyl sites for hydroxylation is 3. The van der Waals surface area contributed by atoms with Crippen LogP contribution in [0.25, 0.3) is 0 Å². The normalized spacial score (nSPS) is 12.0. The van der Waals surface area contributed by atoms with E-state index in [1.54, 1.807) is 0 Å². The van der Waals surface area contributed by atoms with Gasteiger partial charge in [-0.25, -0.2) is 0 Å². The van der Waals surface area contributed by atoms with Crippen LogP contribution in [0.5, 0.6) is 0 Å². The van der Waals surface area contributed by atoms with Crippen molar-refractivity contribution in [3.05, 3.63) is 70.8 Å². The van der Waals surface area contributed by atoms with Crippen LogP contribution in [0, 0.1) is 13.8 Å². The van der Waals surface area contributed by atoms with Gasteiger partial charge in [-0.05, 0) is 50.3 Å². The molecule has 2 rings (SSSR count). The zero-order chi connectivity index (χ0) is 15.9. The van der Waals surface area contributed by atoms with Crippen molar-refractivity contribution in [3.8, 4) is 0 Å². The van der Waals surface area contributed by atoms with Gasteiger partial charge in [-0.1, -0.05) is 54.1 Å². The maximum absolute atomic E-state index is 12.2. The van der Waals surface area contributed by atoms with Gasteiger partial charge in [-0.15, -0.1) is 0 Å². The molecule has 0 aromatic heterocycles. The van der Waals surface area contributed by atoms with E-state index in [9.17, 15) is 4.79 Å². The Morgan fingerprint density at radius 3 is 2.50 bits per heavy atom. The molecular formula is C20H25NO. The summed E-state index contributed by atoms with van der Waals surface area (Å²) in [7, 11) is 0. The first-order valence-electron chi connectivity index (χ1n) is 7.94. The van der Waals surface area contributed by atoms with Gasteiger partial charge >= 0.3 is 0 Å². The Kier molecular flexibility index (Phi) is 5.76. The van der Waals surface area contributed by atoms with E-state index in [2.05, 4.69) is 68.6 Å². The summed E-state index contributed by atoms with van der Waals surface area (Å²) in [6.45, 7) is 6.21. The molecule has 0 heterocycles. The van der Waals surface area contributed by atoms with Gasteiger partial charge in [-0.3, -0.25) is 4.79 Å². The fourth-order valence-electron chi connectivity index (χ4n) is 2.64. The van der Waals surface area contributed by atoms with Gasteiger partial charge in [0.1, 0.15) is 0 Å². The number of nitrogens with one attached hydrogen (secondary N) is 1. The minimum absolute atomic E-state index is 0.104. The summed E-state index contributed by atoms with van der Waals surface area (Å²) in [5, 5.41) is 3.10. The summed E-state index contributed by atoms with van der Waals surface area (Å²) in [5.41, 5.74) is 4.85. The second-order valence-corrected chi connectivity index (χ2v) is 6.10. The monoisotopic (exact) mass is 295 g/mol. The highest BCUT2D eigenvalue weighted by molar-refractivity contribution is 5.79. The first kappa shape index (κ1) is 16.3. The Labute approximate surface area is 133 Å². The molecule has 0 spiro atoms. The zero-order valence-electron chi connectivity index (χ0n) is 13.7. The molecule has 0 fully saturated rings. The van der Waals surface area contributed by atoms with Crippen molar-refractivity contribution in [3.63, 3.8) is 0 Å². The van der Waals surface area contributed by atoms with Crippen LogP contribution >= 0.6 is 0 Å². The average molecular weight is 295 g/mol. The van der Waals surface area contributed by atoms with Crippen LogP contribution in [0.1, 0.15) is 35.6 Å². The minimum Gasteiger partial charge on any atom is -0.353 e. The standard InChI is InChI=1S/C20H25NO/c1-15-9-12-19(16(2)13-15)14-20(22)21-17(3)10-11-18-7-5-4-6-8-18/h4-9,12-13,17H,10-11,14H2,1-3H3,(H,21,22)/t17-/m0/s1. The summed E-state index contributed by atoms with van der Waals surface area (Å²) in [6, 6.07) is 16.8. The zero-order valence-corrected chi connectivity index (χ0v) is 13.7. The molecule has 22 heavy (non-hydrogen) atoms. The lowest BCUT2D eigenvalue weighted by atomic mass is 10.0. The van der Waals surface area contributed by atoms with E-state index < -0.39 is 0 Å². The van der Waals surface area contributed by atoms with Crippen LogP contribution < -0.4 is 5.32 Å². The molecule has 0 radical (unpaired) electrons. The van der Waals surface area contributed by atoms with Crippen molar-refractivity contribution < 1.29 is 4.79 Å². The van der Waals surface area contributed by atoms with Crippen LogP contribution in [0.2, 0.25) is 0 Å². The number of hydrogen-bond donors (Lipinski definition) is 1. The molecule has 0 aliphatic carbocycles. The van der Waals surface area contributed by atoms with Gasteiger partial charge in [0.15, 0.2) is 0 Å². The van der Waals surface area contributed by atoms with Crippen molar-refractivity contribution in [1.29, 1.82) is 0 Å². The van der Waals surface area contributed by atoms with Gasteiger partial charge in [0.25, 0.3) is 0 Å². The minimum atomic E-state index is 0.104. The molecule has 0 aliphatic heterocycles. The molecule has 0 bridgehead atoms. The summed E-state index contributed by atoms with van der Waals surface area (Å²) >= 11 is 0. The molecule has 2 heteroatoms. The molecule has 1 amide bonds. The van der Waals surface area contributed by atoms with E-state index in [-0.39, 0.29) is 11.9 Å². The predicted octanol–water partition coefficient (Wildman–Crippen LogP) is 3.98. The third kappa shape index (κ3) is 5.03. The Morgan fingerprint density at radius 1 is 1.09 bits per heavy atom. The second-order valence-electron chi connectivity index (χ2n) is 6.10. The molecule has 116 valence electrons. The lowest BCUT2D eigenvalue weighted by Crippen LogP contribution is -2.34. The van der Waals surface area contributed by atoms with Gasteiger partial charge in [0, 0.05) is 6.04 Å². The van der Waals surface area contributed by atoms with Crippen LogP contribution in [0.3, 0.4) is 0 Å². The fourth-order valence-corrected chi connectivity index (χ4v) is 2.64. The van der Waals surface area contributed by atoms with Gasteiger partial charge in [0.2, 0.25) is 5.91 Å². The third-order valence-corrected chi connectivity index (χ3v) is 3.97. The Hall–Kier alpha value is -2.09. The summed E-state index contributed by atoms with van der Waals surface area (Å²) < 4.78 is 0. The quantitative estimate of drug-likeness (QED) is 0.858. The van der Waals surface area contributed by atoms with Crippen LogP contribution in [-0.2, 0) is 17.6 Å². The molecule has 0 saturated heterocycles. The van der Waals surface area contributed by atoms with Crippen LogP contribution in [0.4, 0.5) is 0 Å². The van der Waals surface area contributed by atoms with Crippen molar-refractivity contribution >= 4 is 5.91 Å². The van der Waals surface area contributed by atoms with E-state index in [0.29, 0.717) is 6.42 Å². The number of benzene rings is 2. The SMILES string of the molecule is Cc1ccc(CC(=O)N[C@@H](C)CCc2ccccc2)c(C)c1. The van der Waals surface area contributed by atoms with E-state index in [1.807, 2.05) is 6.07 Å². The topological polar surface area (TPSA) is 29.1 Å². The number of rotatable bonds is 6. The Balaban J connectivity index is 1.81. The average Bonchev–Trinajstić information content (AvgIpc) is 2.49. The predicted molar refractivity (Wildman–Crippen MR) is 92.0 cm³/mol. The fraction of sp³-hybridized carbons (Fsp3) is 0.350. The lowest BCUT2D eigenvalue weighted by Gasteiger charge is -2.15. The molecule has 0 aliphatic rings. The first-order chi connectivity index (χ1) is 10.5. The molecule has 2 aromatic rings. The lowest BCUT2D eigenvalue weighted by molar-refractivity contribution is -0.121. The van der Waals surface area contributed by atoms with Gasteiger partial charge in [0.05, 0.1) is 6.42 Å². The van der Waals surface area contributed by atoms with Crippen LogP contribution in [-0.4, -0.2) is 11.9 Å². The van der Waals surface area contributed by atoms with E-state index in [1.165, 1.54) is 16.7 Å². The molecule has 1 N–H and O–H groups in total. The van der Waals surface area contributed by atoms with Crippen molar-refractivity contribution in [2.24, 2.45) is 0 Å². The number of amides is 1. The number of carbonyl (C=O) groups excluding carboxylic acids is 1. The third-order valence-electron chi connectivity index (χ3n) is 3.97. The van der Waals surface area contributed by atoms with E-state index >= 15 is 0 Å². The molecule has 0 unspecified atom stereocenters. The van der Waals surface area contributed by atoms with Gasteiger partial charge < -0.3 is 5.32 Å². The second kappa shape index (κ2) is 7.79. The van der Waals surface area contributed by atoms with Crippen molar-refractivity contribution in [2.45, 2.75) is 46.1 Å². The largest absolute Gasteiger partial charge is 0.353 e. The summed E-state index contributed by atoms with van der Waals surface area (Å²) in [6.07, 6.45) is 2.41. The summed E-state index contributed by atoms with van der Waals surface area (Å²) in [4.78, 5) is 12.2.